The number of allylic oxidation sites excluding steroid dienone is 2. The molecule has 17 heavy (non-hydrogen) atoms. The molecule has 0 unspecified atom stereocenters. The molecule has 100 valence electrons. The van der Waals surface area contributed by atoms with Crippen molar-refractivity contribution in [1.29, 1.82) is 0 Å². The van der Waals surface area contributed by atoms with Crippen LogP contribution in [0.25, 0.3) is 0 Å². The van der Waals surface area contributed by atoms with Crippen molar-refractivity contribution < 1.29 is 13.6 Å². The SMILES string of the molecule is C/C(=C\C(C)C)CP1(=O)OC(C)(C)C(C)(C)O1. The zero-order valence-electron chi connectivity index (χ0n) is 12.0. The molecule has 0 radical (unpaired) electrons. The second kappa shape index (κ2) is 4.53. The Labute approximate surface area is 105 Å². The minimum Gasteiger partial charge on any atom is -0.299 e. The van der Waals surface area contributed by atoms with Crippen molar-refractivity contribution in [3.05, 3.63) is 11.6 Å². The predicted octanol–water partition coefficient (Wildman–Crippen LogP) is 4.39. The van der Waals surface area contributed by atoms with E-state index in [2.05, 4.69) is 19.9 Å². The molecular formula is C13H25O3P. The molecule has 0 spiro atoms. The molecule has 0 bridgehead atoms. The van der Waals surface area contributed by atoms with E-state index in [-0.39, 0.29) is 0 Å². The first-order valence-electron chi connectivity index (χ1n) is 6.15. The lowest BCUT2D eigenvalue weighted by Crippen LogP contribution is -2.41. The maximum absolute atomic E-state index is 12.6. The molecule has 3 nitrogen and oxygen atoms in total. The molecule has 0 atom stereocenters. The lowest BCUT2D eigenvalue weighted by molar-refractivity contribution is 0.00578. The van der Waals surface area contributed by atoms with Crippen LogP contribution in [0.4, 0.5) is 0 Å². The summed E-state index contributed by atoms with van der Waals surface area (Å²) in [6.45, 7) is 13.9. The topological polar surface area (TPSA) is 35.5 Å². The first-order valence-corrected chi connectivity index (χ1v) is 7.88. The minimum atomic E-state index is -2.99. The van der Waals surface area contributed by atoms with Crippen LogP contribution in [0.1, 0.15) is 48.5 Å². The molecular weight excluding hydrogens is 235 g/mol. The van der Waals surface area contributed by atoms with E-state index in [0.29, 0.717) is 12.1 Å². The van der Waals surface area contributed by atoms with Crippen molar-refractivity contribution in [2.24, 2.45) is 5.92 Å². The van der Waals surface area contributed by atoms with E-state index in [1.807, 2.05) is 34.6 Å². The van der Waals surface area contributed by atoms with Gasteiger partial charge in [-0.15, -0.1) is 0 Å². The molecule has 0 N–H and O–H groups in total. The van der Waals surface area contributed by atoms with Crippen LogP contribution in [-0.4, -0.2) is 17.4 Å². The number of rotatable bonds is 3. The highest BCUT2D eigenvalue weighted by molar-refractivity contribution is 7.54. The molecule has 0 amide bonds. The smallest absolute Gasteiger partial charge is 0.299 e. The number of hydrogen-bond donors (Lipinski definition) is 0. The summed E-state index contributed by atoms with van der Waals surface area (Å²) in [5.74, 6) is 0.449. The third kappa shape index (κ3) is 3.43. The van der Waals surface area contributed by atoms with E-state index in [1.165, 1.54) is 0 Å². The van der Waals surface area contributed by atoms with Crippen LogP contribution in [0.3, 0.4) is 0 Å². The third-order valence-electron chi connectivity index (χ3n) is 3.25. The molecule has 0 aliphatic carbocycles. The van der Waals surface area contributed by atoms with Crippen LogP contribution >= 0.6 is 7.60 Å². The highest BCUT2D eigenvalue weighted by atomic mass is 31.2. The van der Waals surface area contributed by atoms with E-state index in [4.69, 9.17) is 9.05 Å². The van der Waals surface area contributed by atoms with Crippen molar-refractivity contribution in [1.82, 2.24) is 0 Å². The van der Waals surface area contributed by atoms with Gasteiger partial charge in [-0.05, 0) is 40.5 Å². The van der Waals surface area contributed by atoms with Crippen molar-refractivity contribution in [2.75, 3.05) is 6.16 Å². The van der Waals surface area contributed by atoms with E-state index < -0.39 is 18.8 Å². The summed E-state index contributed by atoms with van der Waals surface area (Å²) >= 11 is 0. The Hall–Kier alpha value is -0.110. The summed E-state index contributed by atoms with van der Waals surface area (Å²) < 4.78 is 23.9. The standard InChI is InChI=1S/C13H25O3P/c1-10(2)8-11(3)9-17(14)15-12(4,5)13(6,7)16-17/h8,10H,9H2,1-7H3/b11-8+. The quantitative estimate of drug-likeness (QED) is 0.557. The highest BCUT2D eigenvalue weighted by Gasteiger charge is 2.55. The Morgan fingerprint density at radius 1 is 1.18 bits per heavy atom. The number of hydrogen-bond acceptors (Lipinski definition) is 3. The van der Waals surface area contributed by atoms with Gasteiger partial charge in [0.15, 0.2) is 0 Å². The summed E-state index contributed by atoms with van der Waals surface area (Å²) in [6, 6.07) is 0. The fourth-order valence-corrected chi connectivity index (χ4v) is 4.64. The van der Waals surface area contributed by atoms with Crippen molar-refractivity contribution in [2.45, 2.75) is 59.7 Å². The molecule has 1 fully saturated rings. The first kappa shape index (κ1) is 14.9. The summed E-state index contributed by atoms with van der Waals surface area (Å²) in [4.78, 5) is 0. The van der Waals surface area contributed by atoms with Gasteiger partial charge in [0.05, 0.1) is 6.16 Å². The maximum Gasteiger partial charge on any atom is 0.335 e. The first-order chi connectivity index (χ1) is 7.47. The van der Waals surface area contributed by atoms with Crippen LogP contribution in [0.5, 0.6) is 0 Å². The monoisotopic (exact) mass is 260 g/mol. The van der Waals surface area contributed by atoms with Crippen LogP contribution in [0, 0.1) is 5.92 Å². The minimum absolute atomic E-state index is 0.387. The van der Waals surface area contributed by atoms with E-state index >= 15 is 0 Å². The summed E-state index contributed by atoms with van der Waals surface area (Å²) in [7, 11) is -2.99. The Balaban J connectivity index is 2.84. The van der Waals surface area contributed by atoms with Gasteiger partial charge in [0.2, 0.25) is 0 Å². The normalized spacial score (nSPS) is 26.5. The molecule has 1 heterocycles. The largest absolute Gasteiger partial charge is 0.335 e. The molecule has 4 heteroatoms. The molecule has 1 saturated heterocycles. The summed E-state index contributed by atoms with van der Waals surface area (Å²) in [5, 5.41) is 0. The average Bonchev–Trinajstić information content (AvgIpc) is 2.10. The zero-order valence-corrected chi connectivity index (χ0v) is 12.9. The Bertz CT molecular complexity index is 347. The Morgan fingerprint density at radius 3 is 1.94 bits per heavy atom. The van der Waals surface area contributed by atoms with Gasteiger partial charge in [0, 0.05) is 0 Å². The fourth-order valence-electron chi connectivity index (χ4n) is 1.93. The van der Waals surface area contributed by atoms with Crippen LogP contribution in [0.2, 0.25) is 0 Å². The molecule has 0 aromatic heterocycles. The molecule has 0 saturated carbocycles. The summed E-state index contributed by atoms with van der Waals surface area (Å²) in [5.41, 5.74) is 0.0400. The van der Waals surface area contributed by atoms with Gasteiger partial charge < -0.3 is 0 Å². The molecule has 1 aliphatic heterocycles. The van der Waals surface area contributed by atoms with Crippen molar-refractivity contribution in [3.8, 4) is 0 Å². The summed E-state index contributed by atoms with van der Waals surface area (Å²) in [6.07, 6.45) is 2.49. The fraction of sp³-hybridized carbons (Fsp3) is 0.846. The molecule has 0 aromatic carbocycles. The maximum atomic E-state index is 12.6. The Kier molecular flexibility index (Phi) is 3.98. The lowest BCUT2D eigenvalue weighted by atomic mass is 9.90. The van der Waals surface area contributed by atoms with E-state index in [9.17, 15) is 4.57 Å². The van der Waals surface area contributed by atoms with Gasteiger partial charge >= 0.3 is 7.60 Å². The van der Waals surface area contributed by atoms with Crippen LogP contribution in [-0.2, 0) is 13.6 Å². The third-order valence-corrected chi connectivity index (χ3v) is 5.60. The van der Waals surface area contributed by atoms with Gasteiger partial charge in [-0.3, -0.25) is 13.6 Å². The van der Waals surface area contributed by atoms with Gasteiger partial charge in [0.25, 0.3) is 0 Å². The van der Waals surface area contributed by atoms with Gasteiger partial charge in [-0.2, -0.15) is 0 Å². The molecule has 1 rings (SSSR count). The van der Waals surface area contributed by atoms with Gasteiger partial charge in [-0.1, -0.05) is 25.5 Å². The zero-order chi connectivity index (χ0) is 13.5. The average molecular weight is 260 g/mol. The van der Waals surface area contributed by atoms with Gasteiger partial charge in [0.1, 0.15) is 11.2 Å². The van der Waals surface area contributed by atoms with E-state index in [1.54, 1.807) is 0 Å². The Morgan fingerprint density at radius 2 is 1.59 bits per heavy atom. The predicted molar refractivity (Wildman–Crippen MR) is 71.4 cm³/mol. The van der Waals surface area contributed by atoms with Gasteiger partial charge in [-0.25, -0.2) is 0 Å². The van der Waals surface area contributed by atoms with Crippen molar-refractivity contribution >= 4 is 7.60 Å². The second-order valence-electron chi connectivity index (χ2n) is 6.23. The highest BCUT2D eigenvalue weighted by Crippen LogP contribution is 2.64. The molecule has 1 aliphatic rings. The molecule has 0 aromatic rings. The van der Waals surface area contributed by atoms with E-state index in [0.717, 1.165) is 5.57 Å². The van der Waals surface area contributed by atoms with Crippen LogP contribution in [0.15, 0.2) is 11.6 Å². The second-order valence-corrected chi connectivity index (χ2v) is 8.13. The van der Waals surface area contributed by atoms with Crippen molar-refractivity contribution in [3.63, 3.8) is 0 Å². The van der Waals surface area contributed by atoms with Crippen LogP contribution < -0.4 is 0 Å². The lowest BCUT2D eigenvalue weighted by Gasteiger charge is -2.29.